The first-order valence-electron chi connectivity index (χ1n) is 8.52. The van der Waals surface area contributed by atoms with E-state index in [2.05, 4.69) is 57.2 Å². The lowest BCUT2D eigenvalue weighted by Gasteiger charge is -2.11. The molecule has 0 aliphatic carbocycles. The second-order valence-electron chi connectivity index (χ2n) is 5.72. The highest BCUT2D eigenvalue weighted by atomic mass is 32.1. The Hall–Kier alpha value is -2.47. The fourth-order valence-corrected chi connectivity index (χ4v) is 3.28. The standard InChI is InChI=1S/C19H23N5S/c1-3-20-19(22-11-9-17-13-25-14(2)24-17)23-12-16-7-4-6-15-8-5-10-21-18(15)16/h4-8,10,13H,3,9,11-12H2,1-2H3,(H2,20,22,23). The molecule has 6 heteroatoms. The Kier molecular flexibility index (Phi) is 5.95. The van der Waals surface area contributed by atoms with Crippen LogP contribution in [0.4, 0.5) is 0 Å². The Morgan fingerprint density at radius 2 is 2.08 bits per heavy atom. The van der Waals surface area contributed by atoms with E-state index in [0.29, 0.717) is 6.54 Å². The van der Waals surface area contributed by atoms with Gasteiger partial charge in [0.2, 0.25) is 0 Å². The maximum absolute atomic E-state index is 4.71. The molecule has 0 saturated heterocycles. The number of pyridine rings is 1. The van der Waals surface area contributed by atoms with Crippen molar-refractivity contribution in [2.45, 2.75) is 26.8 Å². The van der Waals surface area contributed by atoms with Crippen LogP contribution >= 0.6 is 11.3 Å². The molecule has 0 radical (unpaired) electrons. The van der Waals surface area contributed by atoms with Crippen molar-refractivity contribution < 1.29 is 0 Å². The van der Waals surface area contributed by atoms with Gasteiger partial charge in [0.1, 0.15) is 0 Å². The molecule has 5 nitrogen and oxygen atoms in total. The van der Waals surface area contributed by atoms with Gasteiger partial charge in [0.05, 0.1) is 22.8 Å². The summed E-state index contributed by atoms with van der Waals surface area (Å²) in [5.41, 5.74) is 3.28. The Morgan fingerprint density at radius 1 is 1.20 bits per heavy atom. The number of benzene rings is 1. The van der Waals surface area contributed by atoms with Crippen LogP contribution in [-0.2, 0) is 13.0 Å². The highest BCUT2D eigenvalue weighted by molar-refractivity contribution is 7.09. The van der Waals surface area contributed by atoms with Crippen LogP contribution in [0.1, 0.15) is 23.2 Å². The molecule has 0 saturated carbocycles. The van der Waals surface area contributed by atoms with Gasteiger partial charge in [-0.05, 0) is 25.5 Å². The lowest BCUT2D eigenvalue weighted by molar-refractivity contribution is 0.790. The molecular formula is C19H23N5S. The average Bonchev–Trinajstić information content (AvgIpc) is 3.05. The number of guanidine groups is 1. The molecular weight excluding hydrogens is 330 g/mol. The third-order valence-corrected chi connectivity index (χ3v) is 4.63. The third-order valence-electron chi connectivity index (χ3n) is 3.81. The summed E-state index contributed by atoms with van der Waals surface area (Å²) in [5, 5.41) is 11.0. The molecule has 0 bridgehead atoms. The quantitative estimate of drug-likeness (QED) is 0.527. The lowest BCUT2D eigenvalue weighted by Crippen LogP contribution is -2.38. The molecule has 0 aliphatic rings. The molecule has 0 spiro atoms. The number of fused-ring (bicyclic) bond motifs is 1. The Morgan fingerprint density at radius 3 is 2.88 bits per heavy atom. The number of nitrogens with zero attached hydrogens (tertiary/aromatic N) is 3. The molecule has 3 aromatic rings. The number of hydrogen-bond donors (Lipinski definition) is 2. The van der Waals surface area contributed by atoms with Crippen molar-refractivity contribution in [1.82, 2.24) is 20.6 Å². The summed E-state index contributed by atoms with van der Waals surface area (Å²) in [6, 6.07) is 10.3. The minimum absolute atomic E-state index is 0.597. The zero-order chi connectivity index (χ0) is 17.5. The number of aromatic nitrogens is 2. The molecule has 0 amide bonds. The number of thiazole rings is 1. The fraction of sp³-hybridized carbons (Fsp3) is 0.316. The SMILES string of the molecule is CCNC(=NCc1cccc2cccnc12)NCCc1csc(C)n1. The highest BCUT2D eigenvalue weighted by Crippen LogP contribution is 2.16. The van der Waals surface area contributed by atoms with Gasteiger partial charge in [-0.1, -0.05) is 24.3 Å². The molecule has 0 fully saturated rings. The monoisotopic (exact) mass is 353 g/mol. The van der Waals surface area contributed by atoms with E-state index in [4.69, 9.17) is 4.99 Å². The van der Waals surface area contributed by atoms with Crippen molar-refractivity contribution >= 4 is 28.2 Å². The second-order valence-corrected chi connectivity index (χ2v) is 6.78. The van der Waals surface area contributed by atoms with Crippen LogP contribution < -0.4 is 10.6 Å². The molecule has 2 aromatic heterocycles. The number of rotatable bonds is 6. The largest absolute Gasteiger partial charge is 0.357 e. The predicted octanol–water partition coefficient (Wildman–Crippen LogP) is 3.30. The van der Waals surface area contributed by atoms with Crippen molar-refractivity contribution in [2.24, 2.45) is 4.99 Å². The first-order chi connectivity index (χ1) is 12.3. The normalized spacial score (nSPS) is 11.7. The molecule has 1 aromatic carbocycles. The van der Waals surface area contributed by atoms with Gasteiger partial charge in [0.25, 0.3) is 0 Å². The van der Waals surface area contributed by atoms with Crippen LogP contribution in [0.2, 0.25) is 0 Å². The minimum Gasteiger partial charge on any atom is -0.357 e. The van der Waals surface area contributed by atoms with Crippen molar-refractivity contribution in [3.05, 3.63) is 58.2 Å². The summed E-state index contributed by atoms with van der Waals surface area (Å²) in [7, 11) is 0. The van der Waals surface area contributed by atoms with Gasteiger partial charge >= 0.3 is 0 Å². The molecule has 0 unspecified atom stereocenters. The lowest BCUT2D eigenvalue weighted by atomic mass is 10.1. The van der Waals surface area contributed by atoms with Crippen LogP contribution in [0, 0.1) is 6.92 Å². The van der Waals surface area contributed by atoms with Crippen molar-refractivity contribution in [1.29, 1.82) is 0 Å². The van der Waals surface area contributed by atoms with E-state index < -0.39 is 0 Å². The van der Waals surface area contributed by atoms with E-state index in [-0.39, 0.29) is 0 Å². The average molecular weight is 353 g/mol. The van der Waals surface area contributed by atoms with Crippen LogP contribution in [-0.4, -0.2) is 29.0 Å². The molecule has 3 rings (SSSR count). The van der Waals surface area contributed by atoms with Crippen LogP contribution in [0.5, 0.6) is 0 Å². The van der Waals surface area contributed by atoms with Gasteiger partial charge in [-0.3, -0.25) is 4.98 Å². The smallest absolute Gasteiger partial charge is 0.191 e. The van der Waals surface area contributed by atoms with E-state index >= 15 is 0 Å². The second kappa shape index (κ2) is 8.58. The van der Waals surface area contributed by atoms with E-state index in [1.54, 1.807) is 11.3 Å². The minimum atomic E-state index is 0.597. The number of nitrogens with one attached hydrogen (secondary N) is 2. The third kappa shape index (κ3) is 4.76. The molecule has 0 atom stereocenters. The van der Waals surface area contributed by atoms with E-state index in [9.17, 15) is 0 Å². The summed E-state index contributed by atoms with van der Waals surface area (Å²) in [4.78, 5) is 13.7. The Balaban J connectivity index is 1.64. The molecule has 0 aliphatic heterocycles. The van der Waals surface area contributed by atoms with Gasteiger partial charge in [0, 0.05) is 36.5 Å². The summed E-state index contributed by atoms with van der Waals surface area (Å²) in [6.07, 6.45) is 2.72. The highest BCUT2D eigenvalue weighted by Gasteiger charge is 2.03. The summed E-state index contributed by atoms with van der Waals surface area (Å²) in [5.74, 6) is 0.822. The van der Waals surface area contributed by atoms with Gasteiger partial charge in [-0.2, -0.15) is 0 Å². The zero-order valence-electron chi connectivity index (χ0n) is 14.6. The van der Waals surface area contributed by atoms with E-state index in [1.807, 2.05) is 19.2 Å². The fourth-order valence-electron chi connectivity index (χ4n) is 2.63. The first kappa shape index (κ1) is 17.4. The summed E-state index contributed by atoms with van der Waals surface area (Å²) in [6.45, 7) is 6.34. The number of hydrogen-bond acceptors (Lipinski definition) is 4. The summed E-state index contributed by atoms with van der Waals surface area (Å²) >= 11 is 1.69. The summed E-state index contributed by atoms with van der Waals surface area (Å²) < 4.78 is 0. The van der Waals surface area contributed by atoms with Crippen LogP contribution in [0.25, 0.3) is 10.9 Å². The van der Waals surface area contributed by atoms with Gasteiger partial charge in [0.15, 0.2) is 5.96 Å². The Bertz CT molecular complexity index is 850. The maximum atomic E-state index is 4.71. The predicted molar refractivity (Wildman–Crippen MR) is 105 cm³/mol. The van der Waals surface area contributed by atoms with Gasteiger partial charge in [-0.25, -0.2) is 9.98 Å². The first-order valence-corrected chi connectivity index (χ1v) is 9.40. The zero-order valence-corrected chi connectivity index (χ0v) is 15.4. The number of aliphatic imine (C=N–C) groups is 1. The molecule has 130 valence electrons. The topological polar surface area (TPSA) is 62.2 Å². The number of aryl methyl sites for hydroxylation is 1. The molecule has 25 heavy (non-hydrogen) atoms. The Labute approximate surface area is 152 Å². The molecule has 2 heterocycles. The van der Waals surface area contributed by atoms with Crippen molar-refractivity contribution in [3.8, 4) is 0 Å². The van der Waals surface area contributed by atoms with Crippen LogP contribution in [0.15, 0.2) is 46.9 Å². The van der Waals surface area contributed by atoms with Crippen molar-refractivity contribution in [3.63, 3.8) is 0 Å². The van der Waals surface area contributed by atoms with Crippen molar-refractivity contribution in [2.75, 3.05) is 13.1 Å². The molecule has 2 N–H and O–H groups in total. The van der Waals surface area contributed by atoms with Crippen LogP contribution in [0.3, 0.4) is 0 Å². The van der Waals surface area contributed by atoms with E-state index in [1.165, 1.54) is 0 Å². The van der Waals surface area contributed by atoms with Gasteiger partial charge < -0.3 is 10.6 Å². The maximum Gasteiger partial charge on any atom is 0.191 e. The van der Waals surface area contributed by atoms with Gasteiger partial charge in [-0.15, -0.1) is 11.3 Å². The van der Waals surface area contributed by atoms with E-state index in [0.717, 1.165) is 52.6 Å². The number of para-hydroxylation sites is 1.